The van der Waals surface area contributed by atoms with E-state index in [0.29, 0.717) is 12.1 Å². The van der Waals surface area contributed by atoms with Gasteiger partial charge in [-0.1, -0.05) is 0 Å². The van der Waals surface area contributed by atoms with E-state index in [1.807, 2.05) is 25.7 Å². The van der Waals surface area contributed by atoms with Crippen LogP contribution in [0.1, 0.15) is 52.9 Å². The van der Waals surface area contributed by atoms with E-state index in [9.17, 15) is 4.79 Å². The zero-order valence-electron chi connectivity index (χ0n) is 13.7. The summed E-state index contributed by atoms with van der Waals surface area (Å²) >= 11 is 0. The molecule has 21 heavy (non-hydrogen) atoms. The van der Waals surface area contributed by atoms with Gasteiger partial charge in [0.1, 0.15) is 5.60 Å². The molecule has 0 aromatic rings. The van der Waals surface area contributed by atoms with Gasteiger partial charge in [-0.2, -0.15) is 0 Å². The standard InChI is InChI=1S/C16H30N2O3/c1-16(2,3)21-15(19)18-9-6-7-13(12-18)17-11-14-8-4-5-10-20-14/h13-14,17H,4-12H2,1-3H3. The minimum Gasteiger partial charge on any atom is -0.444 e. The number of nitrogens with one attached hydrogen (secondary N) is 1. The van der Waals surface area contributed by atoms with Crippen LogP contribution in [0.5, 0.6) is 0 Å². The van der Waals surface area contributed by atoms with Gasteiger partial charge >= 0.3 is 6.09 Å². The van der Waals surface area contributed by atoms with Crippen LogP contribution in [0.25, 0.3) is 0 Å². The largest absolute Gasteiger partial charge is 0.444 e. The van der Waals surface area contributed by atoms with E-state index in [-0.39, 0.29) is 6.09 Å². The summed E-state index contributed by atoms with van der Waals surface area (Å²) in [7, 11) is 0. The first-order chi connectivity index (χ1) is 9.94. The van der Waals surface area contributed by atoms with Gasteiger partial charge in [0.25, 0.3) is 0 Å². The van der Waals surface area contributed by atoms with E-state index in [2.05, 4.69) is 5.32 Å². The van der Waals surface area contributed by atoms with Crippen LogP contribution in [0.2, 0.25) is 0 Å². The maximum absolute atomic E-state index is 12.1. The Labute approximate surface area is 128 Å². The lowest BCUT2D eigenvalue weighted by atomic mass is 10.0. The van der Waals surface area contributed by atoms with Crippen molar-refractivity contribution >= 4 is 6.09 Å². The van der Waals surface area contributed by atoms with Gasteiger partial charge in [-0.25, -0.2) is 4.79 Å². The molecule has 1 N–H and O–H groups in total. The van der Waals surface area contributed by atoms with Crippen molar-refractivity contribution in [2.24, 2.45) is 0 Å². The number of carbonyl (C=O) groups excluding carboxylic acids is 1. The SMILES string of the molecule is CC(C)(C)OC(=O)N1CCCC(NCC2CCCCO2)C1. The van der Waals surface area contributed by atoms with Gasteiger partial charge in [0.2, 0.25) is 0 Å². The van der Waals surface area contributed by atoms with Crippen LogP contribution < -0.4 is 5.32 Å². The Bertz CT molecular complexity index is 335. The monoisotopic (exact) mass is 298 g/mol. The highest BCUT2D eigenvalue weighted by atomic mass is 16.6. The van der Waals surface area contributed by atoms with E-state index < -0.39 is 5.60 Å². The summed E-state index contributed by atoms with van der Waals surface area (Å²) in [6, 6.07) is 0.358. The predicted molar refractivity (Wildman–Crippen MR) is 82.4 cm³/mol. The topological polar surface area (TPSA) is 50.8 Å². The number of amides is 1. The molecule has 2 unspecified atom stereocenters. The Morgan fingerprint density at radius 3 is 2.76 bits per heavy atom. The first-order valence-corrected chi connectivity index (χ1v) is 8.27. The van der Waals surface area contributed by atoms with Crippen LogP contribution in [0, 0.1) is 0 Å². The Morgan fingerprint density at radius 1 is 1.29 bits per heavy atom. The molecule has 0 aromatic carbocycles. The van der Waals surface area contributed by atoms with Gasteiger partial charge in [0.15, 0.2) is 0 Å². The molecule has 0 radical (unpaired) electrons. The minimum atomic E-state index is -0.423. The average molecular weight is 298 g/mol. The summed E-state index contributed by atoms with van der Waals surface area (Å²) in [6.45, 7) is 9.05. The lowest BCUT2D eigenvalue weighted by Crippen LogP contribution is -2.50. The lowest BCUT2D eigenvalue weighted by Gasteiger charge is -2.35. The molecule has 0 spiro atoms. The molecule has 5 heteroatoms. The Morgan fingerprint density at radius 2 is 2.10 bits per heavy atom. The molecule has 2 atom stereocenters. The summed E-state index contributed by atoms with van der Waals surface area (Å²) in [5.41, 5.74) is -0.423. The van der Waals surface area contributed by atoms with Crippen molar-refractivity contribution in [1.29, 1.82) is 0 Å². The van der Waals surface area contributed by atoms with Crippen LogP contribution in [0.3, 0.4) is 0 Å². The van der Waals surface area contributed by atoms with Crippen molar-refractivity contribution in [1.82, 2.24) is 10.2 Å². The van der Waals surface area contributed by atoms with Crippen LogP contribution in [0.4, 0.5) is 4.79 Å². The molecule has 1 amide bonds. The molecule has 2 rings (SSSR count). The van der Waals surface area contributed by atoms with Gasteiger partial charge in [0, 0.05) is 32.3 Å². The number of carbonyl (C=O) groups is 1. The normalized spacial score (nSPS) is 27.5. The predicted octanol–water partition coefficient (Wildman–Crippen LogP) is 2.54. The smallest absolute Gasteiger partial charge is 0.410 e. The first kappa shape index (κ1) is 16.6. The average Bonchev–Trinajstić information content (AvgIpc) is 2.45. The molecule has 0 aliphatic carbocycles. The third-order valence-corrected chi connectivity index (χ3v) is 3.98. The van der Waals surface area contributed by atoms with E-state index in [1.165, 1.54) is 12.8 Å². The number of hydrogen-bond acceptors (Lipinski definition) is 4. The van der Waals surface area contributed by atoms with Crippen molar-refractivity contribution in [3.05, 3.63) is 0 Å². The third kappa shape index (κ3) is 5.83. The van der Waals surface area contributed by atoms with Gasteiger partial charge in [-0.3, -0.25) is 0 Å². The molecule has 5 nitrogen and oxygen atoms in total. The molecule has 2 saturated heterocycles. The molecule has 122 valence electrons. The lowest BCUT2D eigenvalue weighted by molar-refractivity contribution is 0.00854. The van der Waals surface area contributed by atoms with Crippen LogP contribution in [-0.4, -0.2) is 55.0 Å². The Kier molecular flexibility index (Phi) is 5.88. The number of rotatable bonds is 3. The van der Waals surface area contributed by atoms with Crippen LogP contribution in [-0.2, 0) is 9.47 Å². The summed E-state index contributed by atoms with van der Waals surface area (Å²) in [4.78, 5) is 13.9. The fourth-order valence-electron chi connectivity index (χ4n) is 2.90. The number of piperidine rings is 1. The van der Waals surface area contributed by atoms with Gasteiger partial charge in [-0.05, 0) is 52.9 Å². The number of ether oxygens (including phenoxy) is 2. The number of nitrogens with zero attached hydrogens (tertiary/aromatic N) is 1. The zero-order chi connectivity index (χ0) is 15.3. The van der Waals surface area contributed by atoms with Crippen LogP contribution in [0.15, 0.2) is 0 Å². The summed E-state index contributed by atoms with van der Waals surface area (Å²) in [6.07, 6.45) is 5.90. The van der Waals surface area contributed by atoms with Gasteiger partial charge < -0.3 is 19.7 Å². The highest BCUT2D eigenvalue weighted by molar-refractivity contribution is 5.68. The highest BCUT2D eigenvalue weighted by Crippen LogP contribution is 2.16. The minimum absolute atomic E-state index is 0.192. The second kappa shape index (κ2) is 7.45. The maximum atomic E-state index is 12.1. The fraction of sp³-hybridized carbons (Fsp3) is 0.938. The maximum Gasteiger partial charge on any atom is 0.410 e. The van der Waals surface area contributed by atoms with E-state index >= 15 is 0 Å². The number of likely N-dealkylation sites (tertiary alicyclic amines) is 1. The summed E-state index contributed by atoms with van der Waals surface area (Å²) in [5, 5.41) is 3.56. The first-order valence-electron chi connectivity index (χ1n) is 8.27. The van der Waals surface area contributed by atoms with Crippen molar-refractivity contribution in [2.45, 2.75) is 70.6 Å². The molecule has 0 aromatic heterocycles. The van der Waals surface area contributed by atoms with E-state index in [0.717, 1.165) is 45.5 Å². The highest BCUT2D eigenvalue weighted by Gasteiger charge is 2.28. The van der Waals surface area contributed by atoms with Gasteiger partial charge in [0.05, 0.1) is 6.10 Å². The van der Waals surface area contributed by atoms with Crippen molar-refractivity contribution in [3.8, 4) is 0 Å². The number of hydrogen-bond donors (Lipinski definition) is 1. The molecule has 2 aliphatic heterocycles. The van der Waals surface area contributed by atoms with Gasteiger partial charge in [-0.15, -0.1) is 0 Å². The van der Waals surface area contributed by atoms with Crippen molar-refractivity contribution in [3.63, 3.8) is 0 Å². The van der Waals surface area contributed by atoms with E-state index in [4.69, 9.17) is 9.47 Å². The quantitative estimate of drug-likeness (QED) is 0.870. The Hall–Kier alpha value is -0.810. The molecule has 2 aliphatic rings. The molecular formula is C16H30N2O3. The summed E-state index contributed by atoms with van der Waals surface area (Å²) in [5.74, 6) is 0. The third-order valence-electron chi connectivity index (χ3n) is 3.98. The summed E-state index contributed by atoms with van der Waals surface area (Å²) < 4.78 is 11.2. The zero-order valence-corrected chi connectivity index (χ0v) is 13.7. The van der Waals surface area contributed by atoms with Crippen molar-refractivity contribution in [2.75, 3.05) is 26.2 Å². The van der Waals surface area contributed by atoms with E-state index in [1.54, 1.807) is 0 Å². The van der Waals surface area contributed by atoms with Crippen molar-refractivity contribution < 1.29 is 14.3 Å². The molecule has 0 bridgehead atoms. The molecular weight excluding hydrogens is 268 g/mol. The van der Waals surface area contributed by atoms with Crippen LogP contribution >= 0.6 is 0 Å². The second-order valence-electron chi connectivity index (χ2n) is 7.16. The fourth-order valence-corrected chi connectivity index (χ4v) is 2.90. The molecule has 2 heterocycles. The second-order valence-corrected chi connectivity index (χ2v) is 7.16. The Balaban J connectivity index is 1.73. The molecule has 2 fully saturated rings. The molecule has 0 saturated carbocycles.